The van der Waals surface area contributed by atoms with Gasteiger partial charge in [-0.15, -0.1) is 0 Å². The second-order valence-corrected chi connectivity index (χ2v) is 12.9. The fourth-order valence-electron chi connectivity index (χ4n) is 6.98. The number of nitrogens with zero attached hydrogens (tertiary/aromatic N) is 3. The number of hydrogen-bond donors (Lipinski definition) is 1. The number of pyridine rings is 1. The molecule has 7 rings (SSSR count). The average Bonchev–Trinajstić information content (AvgIpc) is 3.54. The molecule has 2 N–H and O–H groups in total. The van der Waals surface area contributed by atoms with E-state index in [0.717, 1.165) is 34.1 Å². The highest BCUT2D eigenvalue weighted by Gasteiger charge is 2.47. The number of fused-ring (bicyclic) bond motifs is 3. The molecule has 3 aliphatic heterocycles. The first-order valence-corrected chi connectivity index (χ1v) is 15.6. The maximum Gasteiger partial charge on any atom is 0.276 e. The van der Waals surface area contributed by atoms with Crippen LogP contribution in [0.2, 0.25) is 0 Å². The number of anilines is 1. The highest BCUT2D eigenvalue weighted by Crippen LogP contribution is 2.54. The molecule has 11 heteroatoms. The predicted octanol–water partition coefficient (Wildman–Crippen LogP) is 4.78. The van der Waals surface area contributed by atoms with Crippen LogP contribution in [0.4, 0.5) is 5.82 Å². The maximum absolute atomic E-state index is 14.7. The van der Waals surface area contributed by atoms with E-state index in [-0.39, 0.29) is 45.2 Å². The summed E-state index contributed by atoms with van der Waals surface area (Å²) in [6.07, 6.45) is 6.40. The Morgan fingerprint density at radius 2 is 1.84 bits per heavy atom. The molecular weight excluding hydrogens is 580 g/mol. The number of rotatable bonds is 4. The third-order valence-corrected chi connectivity index (χ3v) is 10.8. The Morgan fingerprint density at radius 1 is 1.07 bits per heavy atom. The normalized spacial score (nSPS) is 23.5. The number of nitrogen functional groups attached to an aromatic ring is 1. The van der Waals surface area contributed by atoms with Crippen molar-refractivity contribution < 1.29 is 22.6 Å². The molecule has 3 atom stereocenters. The fraction of sp³-hybridized carbons (Fsp3) is 0.242. The lowest BCUT2D eigenvalue weighted by atomic mass is 9.72. The van der Waals surface area contributed by atoms with Crippen molar-refractivity contribution in [2.75, 3.05) is 20.0 Å². The molecule has 1 aromatic heterocycles. The van der Waals surface area contributed by atoms with Crippen LogP contribution in [0.5, 0.6) is 5.75 Å². The Labute approximate surface area is 253 Å². The average molecular weight is 609 g/mol. The van der Waals surface area contributed by atoms with Gasteiger partial charge in [0.15, 0.2) is 0 Å². The minimum atomic E-state index is -4.48. The third-order valence-electron chi connectivity index (χ3n) is 8.90. The molecule has 0 amide bonds. The summed E-state index contributed by atoms with van der Waals surface area (Å²) in [7, 11) is -1.49. The fourth-order valence-corrected chi connectivity index (χ4v) is 8.96. The molecule has 10 nitrogen and oxygen atoms in total. The van der Waals surface area contributed by atoms with E-state index >= 15 is 0 Å². The van der Waals surface area contributed by atoms with Gasteiger partial charge in [0.05, 0.1) is 42.8 Å². The van der Waals surface area contributed by atoms with Gasteiger partial charge >= 0.3 is 0 Å². The maximum atomic E-state index is 14.7. The Hall–Kier alpha value is -5.08. The lowest BCUT2D eigenvalue weighted by molar-refractivity contribution is 0.170. The van der Waals surface area contributed by atoms with E-state index in [2.05, 4.69) is 18.0 Å². The third kappa shape index (κ3) is 3.67. The van der Waals surface area contributed by atoms with Crippen molar-refractivity contribution in [3.63, 3.8) is 0 Å². The number of allylic oxidation sites excluding steroid dienone is 2. The largest absolute Gasteiger partial charge is 0.496 e. The van der Waals surface area contributed by atoms with Crippen molar-refractivity contribution in [3.05, 3.63) is 98.9 Å². The molecule has 44 heavy (non-hydrogen) atoms. The summed E-state index contributed by atoms with van der Waals surface area (Å²) in [5, 5.41) is 10.3. The van der Waals surface area contributed by atoms with Crippen LogP contribution in [0.15, 0.2) is 97.0 Å². The molecule has 0 bridgehead atoms. The van der Waals surface area contributed by atoms with Gasteiger partial charge in [-0.05, 0) is 48.1 Å². The predicted molar refractivity (Wildman–Crippen MR) is 163 cm³/mol. The van der Waals surface area contributed by atoms with E-state index in [4.69, 9.17) is 19.9 Å². The highest BCUT2D eigenvalue weighted by molar-refractivity contribution is 7.92. The molecule has 2 aromatic carbocycles. The number of para-hydroxylation sites is 1. The number of nitrogens with two attached hydrogens (primary N) is 1. The van der Waals surface area contributed by atoms with Crippen molar-refractivity contribution in [1.82, 2.24) is 4.57 Å². The number of aromatic nitrogens is 1. The van der Waals surface area contributed by atoms with E-state index in [9.17, 15) is 18.5 Å². The molecule has 0 saturated heterocycles. The van der Waals surface area contributed by atoms with Gasteiger partial charge in [-0.2, -0.15) is 5.26 Å². The van der Waals surface area contributed by atoms with E-state index in [1.807, 2.05) is 0 Å². The van der Waals surface area contributed by atoms with Crippen LogP contribution >= 0.6 is 0 Å². The molecule has 0 spiro atoms. The number of nitriles is 1. The summed E-state index contributed by atoms with van der Waals surface area (Å²) in [5.41, 5.74) is 9.07. The first-order chi connectivity index (χ1) is 21.2. The number of ether oxygens (including phenoxy) is 3. The first kappa shape index (κ1) is 27.7. The second-order valence-electron chi connectivity index (χ2n) is 11.1. The summed E-state index contributed by atoms with van der Waals surface area (Å²) in [5.74, 6) is 0.0724. The summed E-state index contributed by atoms with van der Waals surface area (Å²) in [4.78, 5) is 18.1. The summed E-state index contributed by atoms with van der Waals surface area (Å²) >= 11 is 0. The lowest BCUT2D eigenvalue weighted by Gasteiger charge is -2.34. The lowest BCUT2D eigenvalue weighted by Crippen LogP contribution is -2.28. The van der Waals surface area contributed by atoms with E-state index in [1.165, 1.54) is 7.11 Å². The van der Waals surface area contributed by atoms with Crippen molar-refractivity contribution in [1.29, 1.82) is 5.26 Å². The summed E-state index contributed by atoms with van der Waals surface area (Å²) < 4.78 is 47.8. The van der Waals surface area contributed by atoms with Crippen LogP contribution in [0.25, 0.3) is 16.8 Å². The van der Waals surface area contributed by atoms with Gasteiger partial charge in [-0.25, -0.2) is 8.42 Å². The summed E-state index contributed by atoms with van der Waals surface area (Å²) in [6.45, 7) is 2.10. The zero-order valence-electron chi connectivity index (χ0n) is 24.2. The number of benzene rings is 2. The Kier molecular flexibility index (Phi) is 6.30. The molecule has 3 unspecified atom stereocenters. The Bertz CT molecular complexity index is 2100. The Balaban J connectivity index is 1.57. The van der Waals surface area contributed by atoms with Gasteiger partial charge in [-0.3, -0.25) is 14.4 Å². The van der Waals surface area contributed by atoms with Crippen molar-refractivity contribution >= 4 is 21.9 Å². The quantitative estimate of drug-likeness (QED) is 0.348. The molecule has 222 valence electrons. The smallest absolute Gasteiger partial charge is 0.276 e. The molecule has 4 aliphatic rings. The molecular formula is C33H28N4O6S. The molecule has 0 radical (unpaired) electrons. The van der Waals surface area contributed by atoms with Crippen molar-refractivity contribution in [2.24, 2.45) is 10.9 Å². The van der Waals surface area contributed by atoms with Gasteiger partial charge in [-0.1, -0.05) is 31.2 Å². The van der Waals surface area contributed by atoms with E-state index in [0.29, 0.717) is 17.0 Å². The zero-order chi connectivity index (χ0) is 30.9. The van der Waals surface area contributed by atoms with Gasteiger partial charge in [0.2, 0.25) is 9.84 Å². The van der Waals surface area contributed by atoms with Gasteiger partial charge < -0.3 is 19.9 Å². The minimum Gasteiger partial charge on any atom is -0.496 e. The number of methoxy groups -OCH3 is 2. The molecule has 3 aromatic rings. The molecule has 0 fully saturated rings. The van der Waals surface area contributed by atoms with E-state index < -0.39 is 26.2 Å². The van der Waals surface area contributed by atoms with E-state index in [1.54, 1.807) is 68.3 Å². The topological polar surface area (TPSA) is 146 Å². The van der Waals surface area contributed by atoms with Crippen LogP contribution in [0.1, 0.15) is 36.8 Å². The van der Waals surface area contributed by atoms with Crippen LogP contribution in [-0.2, 0) is 19.3 Å². The van der Waals surface area contributed by atoms with Gasteiger partial charge in [0, 0.05) is 28.8 Å². The summed E-state index contributed by atoms with van der Waals surface area (Å²) in [6, 6.07) is 13.9. The Morgan fingerprint density at radius 3 is 2.55 bits per heavy atom. The SMILES string of the molecule is CO/C1=C/N=CC(c2ccc(OC)c3c2S(=O)(=O)c2c-3c(C#N)c(N)n(-c3ccccc3)c2=O)C2=C3C1=COC3CCC2C. The zero-order valence-corrected chi connectivity index (χ0v) is 25.0. The van der Waals surface area contributed by atoms with Crippen LogP contribution in [0, 0.1) is 17.2 Å². The second kappa shape index (κ2) is 9.99. The standard InChI is InChI=1S/C33H28N4O6S/c1-17-9-11-24-27-22(16-43-24)25(42-3)15-36-14-21(26(17)27)19-10-12-23(41-2)29-28-20(13-34)32(35)37(18-7-5-4-6-8-18)33(38)31(28)44(39,40)30(19)29/h4-8,10,12,14-17,21,24H,9,11,35H2,1-3H3/b25-15+,36-14?. The molecule has 1 aliphatic carbocycles. The van der Waals surface area contributed by atoms with Crippen LogP contribution < -0.4 is 16.0 Å². The minimum absolute atomic E-state index is 0.0442. The first-order valence-electron chi connectivity index (χ1n) is 14.1. The number of sulfone groups is 1. The van der Waals surface area contributed by atoms with Crippen LogP contribution in [0.3, 0.4) is 0 Å². The van der Waals surface area contributed by atoms with Crippen molar-refractivity contribution in [2.45, 2.75) is 41.6 Å². The van der Waals surface area contributed by atoms with Crippen LogP contribution in [-0.4, -0.2) is 39.5 Å². The monoisotopic (exact) mass is 608 g/mol. The van der Waals surface area contributed by atoms with Gasteiger partial charge in [0.1, 0.15) is 40.0 Å². The van der Waals surface area contributed by atoms with Crippen molar-refractivity contribution in [3.8, 4) is 28.6 Å². The van der Waals surface area contributed by atoms with Gasteiger partial charge in [0.25, 0.3) is 5.56 Å². The number of aliphatic imine (C=N–C) groups is 1. The highest BCUT2D eigenvalue weighted by atomic mass is 32.2. The molecule has 4 heterocycles. The number of hydrogen-bond acceptors (Lipinski definition) is 9. The molecule has 0 saturated carbocycles.